The van der Waals surface area contributed by atoms with Crippen molar-refractivity contribution >= 4 is 11.9 Å². The van der Waals surface area contributed by atoms with E-state index < -0.39 is 0 Å². The molecule has 0 radical (unpaired) electrons. The highest BCUT2D eigenvalue weighted by molar-refractivity contribution is 5.97. The molecule has 4 nitrogen and oxygen atoms in total. The second-order valence-electron chi connectivity index (χ2n) is 3.89. The van der Waals surface area contributed by atoms with Gasteiger partial charge in [-0.3, -0.25) is 0 Å². The van der Waals surface area contributed by atoms with Gasteiger partial charge < -0.3 is 9.47 Å². The Labute approximate surface area is 92.2 Å². The van der Waals surface area contributed by atoms with Crippen molar-refractivity contribution in [3.05, 3.63) is 34.4 Å². The molecule has 0 saturated heterocycles. The molecule has 0 atom stereocenters. The average Bonchev–Trinajstić information content (AvgIpc) is 2.30. The third-order valence-corrected chi connectivity index (χ3v) is 3.04. The lowest BCUT2D eigenvalue weighted by molar-refractivity contribution is 0.0450. The highest BCUT2D eigenvalue weighted by atomic mass is 16.5. The van der Waals surface area contributed by atoms with Crippen LogP contribution >= 0.6 is 0 Å². The first-order valence-corrected chi connectivity index (χ1v) is 5.26. The fourth-order valence-electron chi connectivity index (χ4n) is 2.29. The summed E-state index contributed by atoms with van der Waals surface area (Å²) in [4.78, 5) is 23.0. The summed E-state index contributed by atoms with van der Waals surface area (Å²) in [5, 5.41) is 0. The first-order valence-electron chi connectivity index (χ1n) is 5.26. The number of hydrogen-bond acceptors (Lipinski definition) is 4. The fraction of sp³-hybridized carbons (Fsp3) is 0.333. The summed E-state index contributed by atoms with van der Waals surface area (Å²) < 4.78 is 9.93. The minimum absolute atomic E-state index is 0.289. The number of ether oxygens (including phenoxy) is 2. The van der Waals surface area contributed by atoms with Crippen LogP contribution in [0.2, 0.25) is 0 Å². The molecule has 0 fully saturated rings. The van der Waals surface area contributed by atoms with Gasteiger partial charge in [-0.1, -0.05) is 0 Å². The van der Waals surface area contributed by atoms with Crippen molar-refractivity contribution in [2.24, 2.45) is 0 Å². The number of hydrogen-bond donors (Lipinski definition) is 0. The molecule has 4 heteroatoms. The van der Waals surface area contributed by atoms with Crippen LogP contribution in [0.1, 0.15) is 31.8 Å². The smallest absolute Gasteiger partial charge is 0.338 e. The van der Waals surface area contributed by atoms with Gasteiger partial charge in [0.05, 0.1) is 24.3 Å². The van der Waals surface area contributed by atoms with Crippen LogP contribution in [0, 0.1) is 0 Å². The van der Waals surface area contributed by atoms with Gasteiger partial charge in [0.1, 0.15) is 0 Å². The van der Waals surface area contributed by atoms with E-state index in [4.69, 9.17) is 9.47 Å². The Kier molecular flexibility index (Phi) is 1.96. The van der Waals surface area contributed by atoms with E-state index in [0.29, 0.717) is 37.2 Å². The molecule has 2 heterocycles. The van der Waals surface area contributed by atoms with Gasteiger partial charge in [0, 0.05) is 12.8 Å². The van der Waals surface area contributed by atoms with Crippen molar-refractivity contribution in [1.29, 1.82) is 0 Å². The Morgan fingerprint density at radius 3 is 1.69 bits per heavy atom. The quantitative estimate of drug-likeness (QED) is 0.612. The molecular formula is C12H10O4. The molecule has 0 bridgehead atoms. The zero-order valence-corrected chi connectivity index (χ0v) is 8.62. The lowest BCUT2D eigenvalue weighted by atomic mass is 9.90. The zero-order chi connectivity index (χ0) is 11.1. The molecule has 16 heavy (non-hydrogen) atoms. The zero-order valence-electron chi connectivity index (χ0n) is 8.62. The maximum atomic E-state index is 11.5. The summed E-state index contributed by atoms with van der Waals surface area (Å²) in [6, 6.07) is 3.31. The molecule has 0 saturated carbocycles. The van der Waals surface area contributed by atoms with Crippen LogP contribution in [0.4, 0.5) is 0 Å². The second kappa shape index (κ2) is 3.33. The number of cyclic esters (lactones) is 2. The summed E-state index contributed by atoms with van der Waals surface area (Å²) in [5.41, 5.74) is 3.12. The SMILES string of the molecule is O=C1OCCc2c1ccc1c2CCOC1=O. The van der Waals surface area contributed by atoms with Gasteiger partial charge in [0.2, 0.25) is 0 Å². The predicted octanol–water partition coefficient (Wildman–Crippen LogP) is 1.11. The number of carbonyl (C=O) groups excluding carboxylic acids is 2. The molecule has 82 valence electrons. The van der Waals surface area contributed by atoms with Crippen molar-refractivity contribution in [1.82, 2.24) is 0 Å². The Morgan fingerprint density at radius 2 is 1.25 bits per heavy atom. The number of rotatable bonds is 0. The molecule has 1 aromatic carbocycles. The summed E-state index contributed by atoms with van der Waals surface area (Å²) in [6.45, 7) is 0.800. The standard InChI is InChI=1S/C12H10O4/c13-11-9-1-2-10-8(4-6-16-12(10)14)7(9)3-5-15-11/h1-2H,3-6H2. The van der Waals surface area contributed by atoms with Gasteiger partial charge in [-0.05, 0) is 23.3 Å². The molecule has 0 aliphatic carbocycles. The minimum atomic E-state index is -0.289. The van der Waals surface area contributed by atoms with Gasteiger partial charge in [0.25, 0.3) is 0 Å². The monoisotopic (exact) mass is 218 g/mol. The number of esters is 2. The summed E-state index contributed by atoms with van der Waals surface area (Å²) in [5.74, 6) is -0.578. The van der Waals surface area contributed by atoms with Gasteiger partial charge in [0.15, 0.2) is 0 Å². The molecule has 0 spiro atoms. The summed E-state index contributed by atoms with van der Waals surface area (Å²) in [7, 11) is 0. The van der Waals surface area contributed by atoms with E-state index in [1.54, 1.807) is 12.1 Å². The lowest BCUT2D eigenvalue weighted by Crippen LogP contribution is -2.25. The summed E-state index contributed by atoms with van der Waals surface area (Å²) >= 11 is 0. The highest BCUT2D eigenvalue weighted by Gasteiger charge is 2.27. The molecule has 3 rings (SSSR count). The van der Waals surface area contributed by atoms with Crippen LogP contribution in [-0.4, -0.2) is 25.2 Å². The van der Waals surface area contributed by atoms with E-state index in [1.165, 1.54) is 0 Å². The molecule has 0 amide bonds. The van der Waals surface area contributed by atoms with E-state index in [1.807, 2.05) is 0 Å². The van der Waals surface area contributed by atoms with Crippen molar-refractivity contribution in [2.45, 2.75) is 12.8 Å². The molecule has 2 aliphatic rings. The topological polar surface area (TPSA) is 52.6 Å². The molecule has 1 aromatic rings. The molecule has 2 aliphatic heterocycles. The molecule has 0 N–H and O–H groups in total. The van der Waals surface area contributed by atoms with E-state index in [0.717, 1.165) is 11.1 Å². The first-order chi connectivity index (χ1) is 7.77. The van der Waals surface area contributed by atoms with Crippen molar-refractivity contribution < 1.29 is 19.1 Å². The minimum Gasteiger partial charge on any atom is -0.462 e. The Hall–Kier alpha value is -1.84. The van der Waals surface area contributed by atoms with Crippen LogP contribution in [0.25, 0.3) is 0 Å². The normalized spacial score (nSPS) is 18.2. The average molecular weight is 218 g/mol. The van der Waals surface area contributed by atoms with E-state index in [9.17, 15) is 9.59 Å². The van der Waals surface area contributed by atoms with Gasteiger partial charge in [-0.25, -0.2) is 9.59 Å². The molecule has 0 unspecified atom stereocenters. The van der Waals surface area contributed by atoms with Gasteiger partial charge in [-0.2, -0.15) is 0 Å². The number of carbonyl (C=O) groups is 2. The Morgan fingerprint density at radius 1 is 0.812 bits per heavy atom. The molecule has 0 aromatic heterocycles. The number of benzene rings is 1. The van der Waals surface area contributed by atoms with Crippen LogP contribution in [0.5, 0.6) is 0 Å². The Balaban J connectivity index is 2.21. The van der Waals surface area contributed by atoms with Crippen LogP contribution in [0.15, 0.2) is 12.1 Å². The maximum Gasteiger partial charge on any atom is 0.338 e. The maximum absolute atomic E-state index is 11.5. The lowest BCUT2D eigenvalue weighted by Gasteiger charge is -2.23. The second-order valence-corrected chi connectivity index (χ2v) is 3.89. The fourth-order valence-corrected chi connectivity index (χ4v) is 2.29. The van der Waals surface area contributed by atoms with Crippen molar-refractivity contribution in [3.63, 3.8) is 0 Å². The summed E-state index contributed by atoms with van der Waals surface area (Å²) in [6.07, 6.45) is 1.38. The molecular weight excluding hydrogens is 208 g/mol. The first kappa shape index (κ1) is 9.39. The van der Waals surface area contributed by atoms with E-state index >= 15 is 0 Å². The Bertz CT molecular complexity index is 445. The van der Waals surface area contributed by atoms with Gasteiger partial charge >= 0.3 is 11.9 Å². The number of fused-ring (bicyclic) bond motifs is 3. The van der Waals surface area contributed by atoms with E-state index in [-0.39, 0.29) is 11.9 Å². The third kappa shape index (κ3) is 1.23. The van der Waals surface area contributed by atoms with Crippen molar-refractivity contribution in [3.8, 4) is 0 Å². The largest absolute Gasteiger partial charge is 0.462 e. The van der Waals surface area contributed by atoms with Crippen molar-refractivity contribution in [2.75, 3.05) is 13.2 Å². The van der Waals surface area contributed by atoms with Crippen LogP contribution in [-0.2, 0) is 22.3 Å². The van der Waals surface area contributed by atoms with Crippen LogP contribution < -0.4 is 0 Å². The van der Waals surface area contributed by atoms with E-state index in [2.05, 4.69) is 0 Å². The van der Waals surface area contributed by atoms with Crippen LogP contribution in [0.3, 0.4) is 0 Å². The predicted molar refractivity (Wildman–Crippen MR) is 54.4 cm³/mol. The highest BCUT2D eigenvalue weighted by Crippen LogP contribution is 2.27. The third-order valence-electron chi connectivity index (χ3n) is 3.04. The van der Waals surface area contributed by atoms with Gasteiger partial charge in [-0.15, -0.1) is 0 Å².